The molecule has 0 aromatic heterocycles. The van der Waals surface area contributed by atoms with Gasteiger partial charge in [-0.1, -0.05) is 6.92 Å². The van der Waals surface area contributed by atoms with Gasteiger partial charge in [0.1, 0.15) is 11.6 Å². The number of halogens is 6. The minimum atomic E-state index is -5.09. The van der Waals surface area contributed by atoms with Gasteiger partial charge in [-0.2, -0.15) is 31.6 Å². The molecule has 1 fully saturated rings. The summed E-state index contributed by atoms with van der Waals surface area (Å²) in [7, 11) is 0. The van der Waals surface area contributed by atoms with Gasteiger partial charge in [0.2, 0.25) is 5.78 Å². The number of allylic oxidation sites excluding steroid dienone is 1. The second-order valence-corrected chi connectivity index (χ2v) is 5.85. The van der Waals surface area contributed by atoms with Gasteiger partial charge < -0.3 is 10.1 Å². The standard InChI is InChI=1S/C17H14F6N2O2/c1-2-12-7-27-8-14(25-12)13(6-24)15(26)9-3-10(16(18,19)20)5-11(4-9)17(21,22)23/h3-5,12,25H,2,7-8H2,1H3/b14-13-. The highest BCUT2D eigenvalue weighted by molar-refractivity contribution is 6.12. The molecule has 1 unspecified atom stereocenters. The van der Waals surface area contributed by atoms with Gasteiger partial charge in [0.15, 0.2) is 0 Å². The van der Waals surface area contributed by atoms with Crippen molar-refractivity contribution < 1.29 is 35.9 Å². The van der Waals surface area contributed by atoms with Crippen molar-refractivity contribution in [3.8, 4) is 6.07 Å². The number of nitrogens with one attached hydrogen (secondary N) is 1. The van der Waals surface area contributed by atoms with Crippen LogP contribution < -0.4 is 5.32 Å². The minimum Gasteiger partial charge on any atom is -0.380 e. The number of rotatable bonds is 3. The lowest BCUT2D eigenvalue weighted by atomic mass is 9.97. The number of hydrogen-bond donors (Lipinski definition) is 1. The zero-order valence-electron chi connectivity index (χ0n) is 14.0. The molecule has 27 heavy (non-hydrogen) atoms. The molecule has 1 heterocycles. The van der Waals surface area contributed by atoms with Crippen LogP contribution >= 0.6 is 0 Å². The molecule has 2 rings (SSSR count). The van der Waals surface area contributed by atoms with E-state index in [0.717, 1.165) is 0 Å². The molecule has 4 nitrogen and oxygen atoms in total. The molecule has 0 spiro atoms. The van der Waals surface area contributed by atoms with E-state index in [2.05, 4.69) is 5.32 Å². The SMILES string of the molecule is CCC1COC/C(=C(\C#N)C(=O)c2cc(C(F)(F)F)cc(C(F)(F)F)c2)N1. The number of ketones is 1. The molecule has 1 aliphatic rings. The van der Waals surface area contributed by atoms with Crippen LogP contribution in [0.1, 0.15) is 34.8 Å². The number of nitrogens with zero attached hydrogens (tertiary/aromatic N) is 1. The molecule has 0 amide bonds. The fraction of sp³-hybridized carbons (Fsp3) is 0.412. The van der Waals surface area contributed by atoms with Gasteiger partial charge in [-0.3, -0.25) is 4.79 Å². The third-order valence-corrected chi connectivity index (χ3v) is 3.93. The van der Waals surface area contributed by atoms with Gasteiger partial charge in [-0.15, -0.1) is 0 Å². The van der Waals surface area contributed by atoms with Gasteiger partial charge in [-0.25, -0.2) is 0 Å². The number of morpholine rings is 1. The van der Waals surface area contributed by atoms with Crippen LogP contribution in [-0.2, 0) is 17.1 Å². The van der Waals surface area contributed by atoms with Crippen molar-refractivity contribution in [3.05, 3.63) is 46.2 Å². The van der Waals surface area contributed by atoms with Crippen LogP contribution in [0.3, 0.4) is 0 Å². The maximum atomic E-state index is 12.9. The summed E-state index contributed by atoms with van der Waals surface area (Å²) in [6.07, 6.45) is -9.59. The number of Topliss-reactive ketones (excluding diaryl/α,β-unsaturated/α-hetero) is 1. The Hall–Kier alpha value is -2.54. The quantitative estimate of drug-likeness (QED) is 0.364. The average Bonchev–Trinajstić information content (AvgIpc) is 2.60. The number of carbonyl (C=O) groups is 1. The van der Waals surface area contributed by atoms with Crippen LogP contribution in [0.15, 0.2) is 29.5 Å². The number of carbonyl (C=O) groups excluding carboxylic acids is 1. The Labute approximate surface area is 150 Å². The maximum Gasteiger partial charge on any atom is 0.416 e. The Kier molecular flexibility index (Phi) is 5.85. The lowest BCUT2D eigenvalue weighted by molar-refractivity contribution is -0.143. The predicted octanol–water partition coefficient (Wildman–Crippen LogP) is 4.08. The first-order chi connectivity index (χ1) is 12.5. The van der Waals surface area contributed by atoms with E-state index in [4.69, 9.17) is 4.74 Å². The first-order valence-electron chi connectivity index (χ1n) is 7.79. The lowest BCUT2D eigenvalue weighted by Gasteiger charge is -2.27. The normalized spacial score (nSPS) is 19.9. The van der Waals surface area contributed by atoms with Crippen LogP contribution in [0.2, 0.25) is 0 Å². The first kappa shape index (κ1) is 20.8. The number of nitriles is 1. The second-order valence-electron chi connectivity index (χ2n) is 5.85. The summed E-state index contributed by atoms with van der Waals surface area (Å²) < 4.78 is 82.9. The van der Waals surface area contributed by atoms with Gasteiger partial charge in [-0.05, 0) is 24.6 Å². The molecule has 1 aromatic rings. The van der Waals surface area contributed by atoms with Gasteiger partial charge in [0.25, 0.3) is 0 Å². The van der Waals surface area contributed by atoms with Crippen molar-refractivity contribution in [3.63, 3.8) is 0 Å². The average molecular weight is 392 g/mol. The molecular weight excluding hydrogens is 378 g/mol. The second kappa shape index (κ2) is 7.60. The summed E-state index contributed by atoms with van der Waals surface area (Å²) in [6, 6.07) is 1.86. The van der Waals surface area contributed by atoms with Crippen LogP contribution in [0, 0.1) is 11.3 Å². The van der Waals surface area contributed by atoms with Crippen LogP contribution in [-0.4, -0.2) is 25.0 Å². The van der Waals surface area contributed by atoms with Crippen molar-refractivity contribution in [2.45, 2.75) is 31.7 Å². The molecule has 0 saturated carbocycles. The molecule has 1 N–H and O–H groups in total. The molecule has 146 valence electrons. The Morgan fingerprint density at radius 2 is 1.74 bits per heavy atom. The fourth-order valence-corrected chi connectivity index (χ4v) is 2.48. The topological polar surface area (TPSA) is 62.1 Å². The van der Waals surface area contributed by atoms with E-state index in [1.165, 1.54) is 0 Å². The van der Waals surface area contributed by atoms with E-state index in [9.17, 15) is 36.4 Å². The Balaban J connectivity index is 2.55. The van der Waals surface area contributed by atoms with Crippen molar-refractivity contribution >= 4 is 5.78 Å². The highest BCUT2D eigenvalue weighted by Crippen LogP contribution is 2.36. The monoisotopic (exact) mass is 392 g/mol. The fourth-order valence-electron chi connectivity index (χ4n) is 2.48. The van der Waals surface area contributed by atoms with Crippen molar-refractivity contribution in [2.24, 2.45) is 0 Å². The molecule has 1 aromatic carbocycles. The third-order valence-electron chi connectivity index (χ3n) is 3.93. The summed E-state index contributed by atoms with van der Waals surface area (Å²) in [5.74, 6) is -1.24. The van der Waals surface area contributed by atoms with E-state index in [1.807, 2.05) is 0 Å². The molecule has 1 atom stereocenters. The number of alkyl halides is 6. The molecule has 1 saturated heterocycles. The Morgan fingerprint density at radius 3 is 2.19 bits per heavy atom. The molecule has 10 heteroatoms. The molecule has 0 bridgehead atoms. The largest absolute Gasteiger partial charge is 0.416 e. The Morgan fingerprint density at radius 1 is 1.19 bits per heavy atom. The predicted molar refractivity (Wildman–Crippen MR) is 81.4 cm³/mol. The van der Waals surface area contributed by atoms with Gasteiger partial charge >= 0.3 is 12.4 Å². The third kappa shape index (κ3) is 4.80. The van der Waals surface area contributed by atoms with E-state index in [1.54, 1.807) is 13.0 Å². The molecule has 0 aliphatic carbocycles. The maximum absolute atomic E-state index is 12.9. The Bertz CT molecular complexity index is 773. The van der Waals surface area contributed by atoms with E-state index >= 15 is 0 Å². The van der Waals surface area contributed by atoms with Crippen LogP contribution in [0.4, 0.5) is 26.3 Å². The first-order valence-corrected chi connectivity index (χ1v) is 7.79. The molecular formula is C17H14F6N2O2. The van der Waals surface area contributed by atoms with E-state index < -0.39 is 40.4 Å². The highest BCUT2D eigenvalue weighted by Gasteiger charge is 2.38. The highest BCUT2D eigenvalue weighted by atomic mass is 19.4. The molecule has 0 radical (unpaired) electrons. The molecule has 1 aliphatic heterocycles. The van der Waals surface area contributed by atoms with Crippen LogP contribution in [0.5, 0.6) is 0 Å². The zero-order chi connectivity index (χ0) is 20.4. The van der Waals surface area contributed by atoms with Crippen molar-refractivity contribution in [1.29, 1.82) is 5.26 Å². The van der Waals surface area contributed by atoms with E-state index in [0.29, 0.717) is 25.2 Å². The number of benzene rings is 1. The van der Waals surface area contributed by atoms with Crippen molar-refractivity contribution in [2.75, 3.05) is 13.2 Å². The van der Waals surface area contributed by atoms with Crippen molar-refractivity contribution in [1.82, 2.24) is 5.32 Å². The summed E-state index contributed by atoms with van der Waals surface area (Å²) in [6.45, 7) is 1.94. The van der Waals surface area contributed by atoms with E-state index in [-0.39, 0.29) is 24.4 Å². The summed E-state index contributed by atoms with van der Waals surface area (Å²) in [5.41, 5.74) is -4.67. The number of hydrogen-bond acceptors (Lipinski definition) is 4. The smallest absolute Gasteiger partial charge is 0.380 e. The van der Waals surface area contributed by atoms with Gasteiger partial charge in [0.05, 0.1) is 30.0 Å². The van der Waals surface area contributed by atoms with Crippen LogP contribution in [0.25, 0.3) is 0 Å². The summed E-state index contributed by atoms with van der Waals surface area (Å²) >= 11 is 0. The lowest BCUT2D eigenvalue weighted by Crippen LogP contribution is -2.40. The van der Waals surface area contributed by atoms with Gasteiger partial charge in [0, 0.05) is 11.6 Å². The zero-order valence-corrected chi connectivity index (χ0v) is 14.0. The summed E-state index contributed by atoms with van der Waals surface area (Å²) in [5, 5.41) is 12.1. The minimum absolute atomic E-state index is 0.0339. The summed E-state index contributed by atoms with van der Waals surface area (Å²) in [4.78, 5) is 12.5. The number of ether oxygens (including phenoxy) is 1.